The number of nitrogens with one attached hydrogen (secondary N) is 2. The Morgan fingerprint density at radius 2 is 2.00 bits per heavy atom. The van der Waals surface area contributed by atoms with Gasteiger partial charge in [-0.05, 0) is 35.9 Å². The molecular formula is C21H20ClN3O4S. The first kappa shape index (κ1) is 20.4. The quantitative estimate of drug-likeness (QED) is 0.630. The van der Waals surface area contributed by atoms with E-state index < -0.39 is 21.8 Å². The highest BCUT2D eigenvalue weighted by molar-refractivity contribution is 7.90. The van der Waals surface area contributed by atoms with Crippen LogP contribution in [0.15, 0.2) is 48.5 Å². The zero-order chi connectivity index (χ0) is 21.5. The molecular weight excluding hydrogens is 426 g/mol. The number of carbonyl (C=O) groups excluding carboxylic acids is 2. The van der Waals surface area contributed by atoms with Crippen LogP contribution in [-0.4, -0.2) is 49.8 Å². The number of nitrogens with zero attached hydrogens (tertiary/aromatic N) is 1. The average Bonchev–Trinajstić information content (AvgIpc) is 3.10. The Hall–Kier alpha value is -2.84. The predicted molar refractivity (Wildman–Crippen MR) is 117 cm³/mol. The largest absolute Gasteiger partial charge is 0.351 e. The van der Waals surface area contributed by atoms with E-state index >= 15 is 0 Å². The van der Waals surface area contributed by atoms with Gasteiger partial charge in [-0.1, -0.05) is 29.8 Å². The minimum Gasteiger partial charge on any atom is -0.351 e. The fourth-order valence-corrected chi connectivity index (χ4v) is 4.32. The van der Waals surface area contributed by atoms with E-state index in [4.69, 9.17) is 11.6 Å². The molecule has 9 heteroatoms. The number of rotatable bonds is 5. The molecule has 156 valence electrons. The van der Waals surface area contributed by atoms with Crippen LogP contribution in [-0.2, 0) is 21.1 Å². The second-order valence-corrected chi connectivity index (χ2v) is 10.1. The van der Waals surface area contributed by atoms with Gasteiger partial charge in [-0.15, -0.1) is 0 Å². The van der Waals surface area contributed by atoms with Crippen molar-refractivity contribution in [3.8, 4) is 0 Å². The van der Waals surface area contributed by atoms with Crippen molar-refractivity contribution in [2.24, 2.45) is 0 Å². The number of sulfone groups is 1. The molecule has 2 heterocycles. The second kappa shape index (κ2) is 7.77. The zero-order valence-electron chi connectivity index (χ0n) is 16.2. The summed E-state index contributed by atoms with van der Waals surface area (Å²) in [6.45, 7) is 0.0337. The molecule has 2 amide bonds. The third kappa shape index (κ3) is 4.20. The maximum absolute atomic E-state index is 13.1. The maximum Gasteiger partial charge on any atom is 0.268 e. The Balaban J connectivity index is 1.58. The van der Waals surface area contributed by atoms with E-state index in [9.17, 15) is 18.0 Å². The molecule has 4 rings (SSSR count). The van der Waals surface area contributed by atoms with E-state index in [1.807, 2.05) is 12.1 Å². The minimum atomic E-state index is -3.25. The number of anilines is 1. The number of hydrogen-bond acceptors (Lipinski definition) is 4. The Morgan fingerprint density at radius 3 is 2.77 bits per heavy atom. The van der Waals surface area contributed by atoms with Gasteiger partial charge >= 0.3 is 0 Å². The summed E-state index contributed by atoms with van der Waals surface area (Å²) in [6, 6.07) is 13.5. The molecule has 0 saturated carbocycles. The van der Waals surface area contributed by atoms with Gasteiger partial charge in [-0.2, -0.15) is 0 Å². The van der Waals surface area contributed by atoms with Crippen LogP contribution >= 0.6 is 11.6 Å². The Morgan fingerprint density at radius 1 is 1.23 bits per heavy atom. The van der Waals surface area contributed by atoms with Crippen molar-refractivity contribution in [2.75, 3.05) is 23.5 Å². The van der Waals surface area contributed by atoms with Crippen molar-refractivity contribution in [1.29, 1.82) is 0 Å². The number of carbonyl (C=O) groups is 2. The molecule has 3 aromatic rings. The molecule has 7 nitrogen and oxygen atoms in total. The SMILES string of the molecule is CS(=O)(=O)CCN1C(=O)C(NC(=O)c2cc3cc(Cl)ccc3[nH]2)Cc2ccccc21. The fraction of sp³-hybridized carbons (Fsp3) is 0.238. The molecule has 1 aliphatic heterocycles. The lowest BCUT2D eigenvalue weighted by atomic mass is 9.97. The van der Waals surface area contributed by atoms with Crippen LogP contribution in [0.1, 0.15) is 16.1 Å². The summed E-state index contributed by atoms with van der Waals surface area (Å²) in [5.74, 6) is -0.899. The van der Waals surface area contributed by atoms with Crippen LogP contribution in [0, 0.1) is 0 Å². The van der Waals surface area contributed by atoms with Gasteiger partial charge in [0.15, 0.2) is 0 Å². The van der Waals surface area contributed by atoms with Gasteiger partial charge in [0.05, 0.1) is 5.75 Å². The number of H-pyrrole nitrogens is 1. The Bertz CT molecular complexity index is 1250. The van der Waals surface area contributed by atoms with Gasteiger partial charge in [0, 0.05) is 40.8 Å². The van der Waals surface area contributed by atoms with Crippen molar-refractivity contribution in [2.45, 2.75) is 12.5 Å². The van der Waals surface area contributed by atoms with E-state index in [0.29, 0.717) is 22.8 Å². The summed E-state index contributed by atoms with van der Waals surface area (Å²) in [5, 5.41) is 4.14. The molecule has 0 spiro atoms. The van der Waals surface area contributed by atoms with Crippen LogP contribution < -0.4 is 10.2 Å². The fourth-order valence-electron chi connectivity index (χ4n) is 3.62. The second-order valence-electron chi connectivity index (χ2n) is 7.39. The third-order valence-corrected chi connectivity index (χ3v) is 6.25. The summed E-state index contributed by atoms with van der Waals surface area (Å²) < 4.78 is 23.2. The summed E-state index contributed by atoms with van der Waals surface area (Å²) in [6.07, 6.45) is 1.47. The number of para-hydroxylation sites is 1. The monoisotopic (exact) mass is 445 g/mol. The first-order valence-corrected chi connectivity index (χ1v) is 11.8. The molecule has 1 unspecified atom stereocenters. The van der Waals surface area contributed by atoms with Gasteiger partial charge in [0.1, 0.15) is 21.6 Å². The van der Waals surface area contributed by atoms with Crippen molar-refractivity contribution in [3.63, 3.8) is 0 Å². The number of benzene rings is 2. The minimum absolute atomic E-state index is 0.0337. The molecule has 1 atom stereocenters. The summed E-state index contributed by atoms with van der Waals surface area (Å²) >= 11 is 6.00. The average molecular weight is 446 g/mol. The summed E-state index contributed by atoms with van der Waals surface area (Å²) in [7, 11) is -3.25. The molecule has 1 aliphatic rings. The van der Waals surface area contributed by atoms with Gasteiger partial charge in [-0.3, -0.25) is 9.59 Å². The lowest BCUT2D eigenvalue weighted by Gasteiger charge is -2.34. The molecule has 0 radical (unpaired) electrons. The highest BCUT2D eigenvalue weighted by Crippen LogP contribution is 2.28. The van der Waals surface area contributed by atoms with Crippen LogP contribution in [0.5, 0.6) is 0 Å². The van der Waals surface area contributed by atoms with Crippen molar-refractivity contribution in [1.82, 2.24) is 10.3 Å². The Kier molecular flexibility index (Phi) is 5.29. The molecule has 0 fully saturated rings. The topological polar surface area (TPSA) is 99.3 Å². The first-order chi connectivity index (χ1) is 14.2. The van der Waals surface area contributed by atoms with Crippen LogP contribution in [0.2, 0.25) is 5.02 Å². The molecule has 0 bridgehead atoms. The van der Waals surface area contributed by atoms with Gasteiger partial charge in [-0.25, -0.2) is 8.42 Å². The van der Waals surface area contributed by atoms with Gasteiger partial charge in [0.25, 0.3) is 5.91 Å². The summed E-state index contributed by atoms with van der Waals surface area (Å²) in [4.78, 5) is 30.4. The third-order valence-electron chi connectivity index (χ3n) is 5.09. The van der Waals surface area contributed by atoms with Gasteiger partial charge < -0.3 is 15.2 Å². The van der Waals surface area contributed by atoms with Crippen LogP contribution in [0.25, 0.3) is 10.9 Å². The molecule has 30 heavy (non-hydrogen) atoms. The molecule has 2 aromatic carbocycles. The van der Waals surface area contributed by atoms with Gasteiger partial charge in [0.2, 0.25) is 5.91 Å². The molecule has 1 aromatic heterocycles. The van der Waals surface area contributed by atoms with Crippen molar-refractivity contribution >= 4 is 49.8 Å². The standard InChI is InChI=1S/C21H20ClN3O4S/c1-30(28,29)9-8-25-19-5-3-2-4-13(19)11-18(21(25)27)24-20(26)17-12-14-10-15(22)6-7-16(14)23-17/h2-7,10,12,18,23H,8-9,11H2,1H3,(H,24,26). The number of aromatic amines is 1. The Labute approximate surface area is 178 Å². The van der Waals surface area contributed by atoms with E-state index in [1.54, 1.807) is 36.4 Å². The number of fused-ring (bicyclic) bond motifs is 2. The number of amides is 2. The lowest BCUT2D eigenvalue weighted by molar-refractivity contribution is -0.120. The number of aromatic nitrogens is 1. The first-order valence-electron chi connectivity index (χ1n) is 9.37. The highest BCUT2D eigenvalue weighted by atomic mass is 35.5. The van der Waals surface area contributed by atoms with E-state index in [1.165, 1.54) is 4.90 Å². The van der Waals surface area contributed by atoms with Crippen LogP contribution in [0.4, 0.5) is 5.69 Å². The number of halogens is 1. The van der Waals surface area contributed by atoms with E-state index in [-0.39, 0.29) is 18.2 Å². The maximum atomic E-state index is 13.1. The van der Waals surface area contributed by atoms with Crippen molar-refractivity contribution < 1.29 is 18.0 Å². The lowest BCUT2D eigenvalue weighted by Crippen LogP contribution is -2.53. The summed E-state index contributed by atoms with van der Waals surface area (Å²) in [5.41, 5.74) is 2.64. The number of hydrogen-bond donors (Lipinski definition) is 2. The smallest absolute Gasteiger partial charge is 0.268 e. The predicted octanol–water partition coefficient (Wildman–Crippen LogP) is 2.55. The van der Waals surface area contributed by atoms with E-state index in [2.05, 4.69) is 10.3 Å². The molecule has 0 saturated heterocycles. The van der Waals surface area contributed by atoms with Crippen LogP contribution in [0.3, 0.4) is 0 Å². The molecule has 2 N–H and O–H groups in total. The normalized spacial score (nSPS) is 16.5. The van der Waals surface area contributed by atoms with Crippen molar-refractivity contribution in [3.05, 3.63) is 64.8 Å². The zero-order valence-corrected chi connectivity index (χ0v) is 17.8. The highest BCUT2D eigenvalue weighted by Gasteiger charge is 2.34. The molecule has 0 aliphatic carbocycles. The van der Waals surface area contributed by atoms with E-state index in [0.717, 1.165) is 22.7 Å².